The number of benzene rings is 3. The first-order chi connectivity index (χ1) is 13.8. The van der Waals surface area contributed by atoms with Crippen LogP contribution in [0.4, 0.5) is 5.69 Å². The van der Waals surface area contributed by atoms with Gasteiger partial charge in [-0.1, -0.05) is 78.9 Å². The van der Waals surface area contributed by atoms with Crippen molar-refractivity contribution >= 4 is 5.69 Å². The predicted molar refractivity (Wildman–Crippen MR) is 116 cm³/mol. The molecule has 0 amide bonds. The minimum Gasteiger partial charge on any atom is -0.380 e. The third kappa shape index (κ3) is 4.11. The summed E-state index contributed by atoms with van der Waals surface area (Å²) in [7, 11) is 0. The van der Waals surface area contributed by atoms with Gasteiger partial charge in [0, 0.05) is 38.4 Å². The molecule has 0 bridgehead atoms. The normalized spacial score (nSPS) is 15.5. The number of hydrogen-bond donors (Lipinski definition) is 1. The number of piperazine rings is 1. The van der Waals surface area contributed by atoms with Crippen molar-refractivity contribution in [3.8, 4) is 0 Å². The number of para-hydroxylation sites is 1. The molecule has 3 heteroatoms. The molecule has 3 aromatic carbocycles. The summed E-state index contributed by atoms with van der Waals surface area (Å²) >= 11 is 0. The highest BCUT2D eigenvalue weighted by Crippen LogP contribution is 2.33. The summed E-state index contributed by atoms with van der Waals surface area (Å²) in [5, 5.41) is 11.7. The lowest BCUT2D eigenvalue weighted by molar-refractivity contribution is 0.0565. The summed E-state index contributed by atoms with van der Waals surface area (Å²) in [6.45, 7) is 4.98. The molecular weight excluding hydrogens is 344 g/mol. The van der Waals surface area contributed by atoms with E-state index in [0.717, 1.165) is 43.9 Å². The van der Waals surface area contributed by atoms with Crippen molar-refractivity contribution in [3.63, 3.8) is 0 Å². The summed E-state index contributed by atoms with van der Waals surface area (Å²) < 4.78 is 0. The van der Waals surface area contributed by atoms with Crippen molar-refractivity contribution < 1.29 is 5.11 Å². The van der Waals surface area contributed by atoms with Gasteiger partial charge < -0.3 is 10.0 Å². The third-order valence-electron chi connectivity index (χ3n) is 5.79. The van der Waals surface area contributed by atoms with Crippen LogP contribution in [-0.4, -0.2) is 42.7 Å². The Bertz CT molecular complexity index is 804. The SMILES string of the molecule is OC(CCN1CCN(c2ccccc2)CC1)(c1ccccc1)c1ccccc1. The smallest absolute Gasteiger partial charge is 0.116 e. The Kier molecular flexibility index (Phi) is 5.75. The van der Waals surface area contributed by atoms with Gasteiger partial charge in [0.15, 0.2) is 0 Å². The molecule has 0 spiro atoms. The van der Waals surface area contributed by atoms with Crippen molar-refractivity contribution in [2.24, 2.45) is 0 Å². The summed E-state index contributed by atoms with van der Waals surface area (Å²) in [5.41, 5.74) is 2.26. The van der Waals surface area contributed by atoms with E-state index in [4.69, 9.17) is 0 Å². The number of aliphatic hydroxyl groups is 1. The van der Waals surface area contributed by atoms with Crippen LogP contribution < -0.4 is 4.90 Å². The maximum absolute atomic E-state index is 11.7. The van der Waals surface area contributed by atoms with E-state index in [9.17, 15) is 5.11 Å². The van der Waals surface area contributed by atoms with Crippen molar-refractivity contribution in [2.75, 3.05) is 37.6 Å². The lowest BCUT2D eigenvalue weighted by Crippen LogP contribution is -2.47. The average molecular weight is 373 g/mol. The van der Waals surface area contributed by atoms with E-state index in [0.29, 0.717) is 6.42 Å². The van der Waals surface area contributed by atoms with E-state index in [-0.39, 0.29) is 0 Å². The highest BCUT2D eigenvalue weighted by Gasteiger charge is 2.32. The van der Waals surface area contributed by atoms with Crippen LogP contribution >= 0.6 is 0 Å². The van der Waals surface area contributed by atoms with Crippen LogP contribution in [0.2, 0.25) is 0 Å². The summed E-state index contributed by atoms with van der Waals surface area (Å²) in [4.78, 5) is 4.91. The van der Waals surface area contributed by atoms with Gasteiger partial charge in [-0.25, -0.2) is 0 Å². The van der Waals surface area contributed by atoms with Crippen molar-refractivity contribution in [1.82, 2.24) is 4.90 Å². The molecule has 1 saturated heterocycles. The van der Waals surface area contributed by atoms with Crippen molar-refractivity contribution in [3.05, 3.63) is 102 Å². The fourth-order valence-electron chi connectivity index (χ4n) is 4.07. The molecule has 0 aromatic heterocycles. The second-order valence-electron chi connectivity index (χ2n) is 7.51. The Labute approximate surface area is 167 Å². The van der Waals surface area contributed by atoms with E-state index in [2.05, 4.69) is 40.1 Å². The van der Waals surface area contributed by atoms with Crippen LogP contribution in [-0.2, 0) is 5.60 Å². The minimum absolute atomic E-state index is 0.687. The van der Waals surface area contributed by atoms with Gasteiger partial charge in [-0.2, -0.15) is 0 Å². The monoisotopic (exact) mass is 372 g/mol. The molecule has 1 N–H and O–H groups in total. The van der Waals surface area contributed by atoms with E-state index in [1.165, 1.54) is 5.69 Å². The van der Waals surface area contributed by atoms with Gasteiger partial charge in [-0.15, -0.1) is 0 Å². The van der Waals surface area contributed by atoms with Crippen LogP contribution in [0.3, 0.4) is 0 Å². The van der Waals surface area contributed by atoms with Gasteiger partial charge in [0.2, 0.25) is 0 Å². The molecule has 28 heavy (non-hydrogen) atoms. The van der Waals surface area contributed by atoms with Crippen molar-refractivity contribution in [1.29, 1.82) is 0 Å². The van der Waals surface area contributed by atoms with Crippen LogP contribution in [0.1, 0.15) is 17.5 Å². The molecule has 0 saturated carbocycles. The predicted octanol–water partition coefficient (Wildman–Crippen LogP) is 4.13. The zero-order valence-corrected chi connectivity index (χ0v) is 16.2. The first kappa shape index (κ1) is 18.7. The van der Waals surface area contributed by atoms with Gasteiger partial charge in [0.25, 0.3) is 0 Å². The Morgan fingerprint density at radius 2 is 1.11 bits per heavy atom. The van der Waals surface area contributed by atoms with Gasteiger partial charge in [-0.3, -0.25) is 4.90 Å². The molecule has 4 rings (SSSR count). The van der Waals surface area contributed by atoms with Gasteiger partial charge in [0.05, 0.1) is 0 Å². The Hall–Kier alpha value is -2.62. The van der Waals surface area contributed by atoms with Crippen LogP contribution in [0, 0.1) is 0 Å². The molecule has 1 heterocycles. The number of rotatable bonds is 6. The first-order valence-corrected chi connectivity index (χ1v) is 10.1. The standard InChI is InChI=1S/C25H28N2O/c28-25(22-10-4-1-5-11-22,23-12-6-2-7-13-23)16-17-26-18-20-27(21-19-26)24-14-8-3-9-15-24/h1-15,28H,16-21H2. The maximum atomic E-state index is 11.7. The van der Waals surface area contributed by atoms with E-state index in [1.807, 2.05) is 60.7 Å². The molecule has 0 aliphatic carbocycles. The lowest BCUT2D eigenvalue weighted by atomic mass is 9.83. The molecule has 1 aliphatic rings. The molecule has 1 fully saturated rings. The maximum Gasteiger partial charge on any atom is 0.116 e. The molecule has 1 aliphatic heterocycles. The summed E-state index contributed by atoms with van der Waals surface area (Å²) in [6, 6.07) is 30.7. The molecular formula is C25H28N2O. The molecule has 0 unspecified atom stereocenters. The van der Waals surface area contributed by atoms with E-state index < -0.39 is 5.60 Å². The molecule has 144 valence electrons. The van der Waals surface area contributed by atoms with Crippen LogP contribution in [0.25, 0.3) is 0 Å². The fourth-order valence-corrected chi connectivity index (χ4v) is 4.07. The second-order valence-corrected chi connectivity index (χ2v) is 7.51. The Morgan fingerprint density at radius 3 is 1.61 bits per heavy atom. The molecule has 0 radical (unpaired) electrons. The average Bonchev–Trinajstić information content (AvgIpc) is 2.79. The quantitative estimate of drug-likeness (QED) is 0.705. The van der Waals surface area contributed by atoms with E-state index in [1.54, 1.807) is 0 Å². The molecule has 3 nitrogen and oxygen atoms in total. The molecule has 3 aromatic rings. The fraction of sp³-hybridized carbons (Fsp3) is 0.280. The first-order valence-electron chi connectivity index (χ1n) is 10.1. The van der Waals surface area contributed by atoms with Gasteiger partial charge in [0.1, 0.15) is 5.60 Å². The second kappa shape index (κ2) is 8.59. The topological polar surface area (TPSA) is 26.7 Å². The summed E-state index contributed by atoms with van der Waals surface area (Å²) in [6.07, 6.45) is 0.687. The van der Waals surface area contributed by atoms with Crippen LogP contribution in [0.15, 0.2) is 91.0 Å². The number of hydrogen-bond acceptors (Lipinski definition) is 3. The zero-order valence-electron chi connectivity index (χ0n) is 16.2. The number of anilines is 1. The summed E-state index contributed by atoms with van der Waals surface area (Å²) in [5.74, 6) is 0. The highest BCUT2D eigenvalue weighted by atomic mass is 16.3. The van der Waals surface area contributed by atoms with Crippen LogP contribution in [0.5, 0.6) is 0 Å². The third-order valence-corrected chi connectivity index (χ3v) is 5.79. The minimum atomic E-state index is -0.959. The molecule has 0 atom stereocenters. The van der Waals surface area contributed by atoms with E-state index >= 15 is 0 Å². The van der Waals surface area contributed by atoms with Gasteiger partial charge in [-0.05, 0) is 29.7 Å². The largest absolute Gasteiger partial charge is 0.380 e. The zero-order chi connectivity index (χ0) is 19.2. The Balaban J connectivity index is 1.43. The van der Waals surface area contributed by atoms with Crippen molar-refractivity contribution in [2.45, 2.75) is 12.0 Å². The lowest BCUT2D eigenvalue weighted by Gasteiger charge is -2.38. The van der Waals surface area contributed by atoms with Gasteiger partial charge >= 0.3 is 0 Å². The Morgan fingerprint density at radius 1 is 0.643 bits per heavy atom. The number of nitrogens with zero attached hydrogens (tertiary/aromatic N) is 2. The highest BCUT2D eigenvalue weighted by molar-refractivity contribution is 5.46.